The van der Waals surface area contributed by atoms with E-state index in [1.165, 1.54) is 19.2 Å². The minimum atomic E-state index is -3.62. The molecule has 10 heteroatoms. The van der Waals surface area contributed by atoms with Crippen molar-refractivity contribution in [1.82, 2.24) is 9.97 Å². The van der Waals surface area contributed by atoms with Gasteiger partial charge in [-0.3, -0.25) is 4.79 Å². The summed E-state index contributed by atoms with van der Waals surface area (Å²) in [7, 11) is -2.25. The van der Waals surface area contributed by atoms with Gasteiger partial charge in [0.25, 0.3) is 0 Å². The van der Waals surface area contributed by atoms with E-state index in [9.17, 15) is 22.7 Å². The second-order valence-corrected chi connectivity index (χ2v) is 10.2. The number of halogens is 1. The lowest BCUT2D eigenvalue weighted by atomic mass is 9.94. The number of carbonyl (C=O) groups excluding carboxylic acids is 1. The predicted octanol–water partition coefficient (Wildman–Crippen LogP) is 3.27. The van der Waals surface area contributed by atoms with Crippen LogP contribution >= 0.6 is 0 Å². The second-order valence-electron chi connectivity index (χ2n) is 8.20. The number of sulfonamides is 1. The summed E-state index contributed by atoms with van der Waals surface area (Å²) in [5.41, 5.74) is 2.21. The average Bonchev–Trinajstić information content (AvgIpc) is 2.75. The Hall–Kier alpha value is -2.85. The molecule has 2 aromatic rings. The molecular formula is C23H28FN3O5S. The molecule has 0 radical (unpaired) electrons. The van der Waals surface area contributed by atoms with E-state index in [4.69, 9.17) is 4.74 Å². The molecule has 33 heavy (non-hydrogen) atoms. The number of ether oxygens (including phenoxy) is 1. The Morgan fingerprint density at radius 1 is 1.30 bits per heavy atom. The molecule has 8 nitrogen and oxygen atoms in total. The summed E-state index contributed by atoms with van der Waals surface area (Å²) in [6.45, 7) is 3.94. The molecule has 2 heterocycles. The lowest BCUT2D eigenvalue weighted by Crippen LogP contribution is -2.31. The maximum Gasteiger partial charge on any atom is 0.309 e. The van der Waals surface area contributed by atoms with Gasteiger partial charge >= 0.3 is 5.97 Å². The van der Waals surface area contributed by atoms with E-state index in [0.717, 1.165) is 17.0 Å². The summed E-state index contributed by atoms with van der Waals surface area (Å²) < 4.78 is 44.2. The molecule has 0 spiro atoms. The van der Waals surface area contributed by atoms with Gasteiger partial charge in [0.1, 0.15) is 11.9 Å². The van der Waals surface area contributed by atoms with Crippen LogP contribution in [0.25, 0.3) is 17.3 Å². The van der Waals surface area contributed by atoms with Gasteiger partial charge in [0.05, 0.1) is 30.2 Å². The maximum atomic E-state index is 13.6. The van der Waals surface area contributed by atoms with Crippen molar-refractivity contribution >= 4 is 28.0 Å². The molecule has 0 amide bonds. The van der Waals surface area contributed by atoms with Gasteiger partial charge in [0.15, 0.2) is 0 Å². The van der Waals surface area contributed by atoms with Crippen molar-refractivity contribution in [3.8, 4) is 11.3 Å². The molecule has 0 aliphatic carbocycles. The number of cyclic esters (lactones) is 1. The van der Waals surface area contributed by atoms with E-state index in [0.29, 0.717) is 22.5 Å². The number of hydrogen-bond acceptors (Lipinski definition) is 7. The van der Waals surface area contributed by atoms with Crippen molar-refractivity contribution in [2.75, 3.05) is 17.6 Å². The lowest BCUT2D eigenvalue weighted by molar-refractivity contribution is -0.156. The highest BCUT2D eigenvalue weighted by atomic mass is 32.2. The normalized spacial score (nSPS) is 20.0. The molecule has 1 aliphatic heterocycles. The fourth-order valence-electron chi connectivity index (χ4n) is 3.46. The van der Waals surface area contributed by atoms with Gasteiger partial charge in [0, 0.05) is 24.6 Å². The number of anilines is 1. The summed E-state index contributed by atoms with van der Waals surface area (Å²) in [6, 6.07) is 5.72. The van der Waals surface area contributed by atoms with Crippen LogP contribution in [0.4, 0.5) is 10.3 Å². The Bertz CT molecular complexity index is 1150. The molecule has 1 N–H and O–H groups in total. The van der Waals surface area contributed by atoms with E-state index in [1.54, 1.807) is 24.3 Å². The van der Waals surface area contributed by atoms with Gasteiger partial charge in [-0.1, -0.05) is 19.9 Å². The molecule has 178 valence electrons. The molecule has 1 aromatic heterocycles. The zero-order chi connectivity index (χ0) is 24.3. The second kappa shape index (κ2) is 9.96. The van der Waals surface area contributed by atoms with Crippen molar-refractivity contribution in [2.24, 2.45) is 0 Å². The molecule has 3 rings (SSSR count). The largest absolute Gasteiger partial charge is 0.458 e. The van der Waals surface area contributed by atoms with Gasteiger partial charge < -0.3 is 9.84 Å². The van der Waals surface area contributed by atoms with Crippen molar-refractivity contribution in [1.29, 1.82) is 0 Å². The molecule has 1 fully saturated rings. The van der Waals surface area contributed by atoms with E-state index >= 15 is 0 Å². The number of aliphatic hydroxyl groups excluding tert-OH is 1. The highest BCUT2D eigenvalue weighted by Crippen LogP contribution is 2.33. The molecular weight excluding hydrogens is 449 g/mol. The zero-order valence-corrected chi connectivity index (χ0v) is 19.8. The molecule has 1 aromatic carbocycles. The standard InChI is InChI=1S/C23H28FN3O5S/c1-5-14(2)21-19(11-10-18-12-17(28)13-20(29)32-18)22(15-6-8-16(24)9-7-15)26-23(25-21)27(3)33(4,30)31/h6-11,14,17-18,28H,5,12-13H2,1-4H3/b11-10+/t14?,17-,18-/m1/s1. The van der Waals surface area contributed by atoms with Crippen LogP contribution in [0.5, 0.6) is 0 Å². The first-order valence-electron chi connectivity index (χ1n) is 10.7. The van der Waals surface area contributed by atoms with Crippen LogP contribution in [0.2, 0.25) is 0 Å². The Kier molecular flexibility index (Phi) is 7.48. The van der Waals surface area contributed by atoms with Crippen molar-refractivity contribution in [3.05, 3.63) is 47.4 Å². The van der Waals surface area contributed by atoms with Gasteiger partial charge in [-0.15, -0.1) is 0 Å². The van der Waals surface area contributed by atoms with Crippen molar-refractivity contribution in [2.45, 2.75) is 51.2 Å². The van der Waals surface area contributed by atoms with Gasteiger partial charge in [-0.05, 0) is 42.7 Å². The van der Waals surface area contributed by atoms with Gasteiger partial charge in [-0.25, -0.2) is 27.1 Å². The first-order valence-corrected chi connectivity index (χ1v) is 12.5. The maximum absolute atomic E-state index is 13.6. The highest BCUT2D eigenvalue weighted by Gasteiger charge is 2.27. The van der Waals surface area contributed by atoms with E-state index in [2.05, 4.69) is 9.97 Å². The zero-order valence-electron chi connectivity index (χ0n) is 19.0. The van der Waals surface area contributed by atoms with E-state index in [1.807, 2.05) is 13.8 Å². The van der Waals surface area contributed by atoms with Crippen molar-refractivity contribution in [3.63, 3.8) is 0 Å². The van der Waals surface area contributed by atoms with Crippen LogP contribution in [0.1, 0.15) is 50.3 Å². The minimum absolute atomic E-state index is 0.00351. The third kappa shape index (κ3) is 5.94. The third-order valence-electron chi connectivity index (χ3n) is 5.61. The quantitative estimate of drug-likeness (QED) is 0.610. The molecule has 1 saturated heterocycles. The van der Waals surface area contributed by atoms with E-state index < -0.39 is 34.0 Å². The number of benzene rings is 1. The number of carbonyl (C=O) groups is 1. The Morgan fingerprint density at radius 3 is 2.55 bits per heavy atom. The van der Waals surface area contributed by atoms with Crippen LogP contribution in [-0.4, -0.2) is 55.0 Å². The number of aromatic nitrogens is 2. The fraction of sp³-hybridized carbons (Fsp3) is 0.435. The summed E-state index contributed by atoms with van der Waals surface area (Å²) in [5.74, 6) is -0.948. The lowest BCUT2D eigenvalue weighted by Gasteiger charge is -2.24. The smallest absolute Gasteiger partial charge is 0.309 e. The number of hydrogen-bond donors (Lipinski definition) is 1. The number of aliphatic hydroxyl groups is 1. The number of rotatable bonds is 7. The van der Waals surface area contributed by atoms with Crippen molar-refractivity contribution < 1.29 is 27.4 Å². The first-order chi connectivity index (χ1) is 15.5. The van der Waals surface area contributed by atoms with Crippen LogP contribution in [0.3, 0.4) is 0 Å². The third-order valence-corrected chi connectivity index (χ3v) is 6.76. The fourth-order valence-corrected chi connectivity index (χ4v) is 3.83. The predicted molar refractivity (Wildman–Crippen MR) is 124 cm³/mol. The molecule has 0 bridgehead atoms. The summed E-state index contributed by atoms with van der Waals surface area (Å²) in [4.78, 5) is 20.8. The van der Waals surface area contributed by atoms with Crippen LogP contribution in [-0.2, 0) is 19.6 Å². The minimum Gasteiger partial charge on any atom is -0.458 e. The summed E-state index contributed by atoms with van der Waals surface area (Å²) >= 11 is 0. The van der Waals surface area contributed by atoms with Crippen LogP contribution in [0.15, 0.2) is 30.3 Å². The highest BCUT2D eigenvalue weighted by molar-refractivity contribution is 7.92. The number of esters is 1. The molecule has 1 unspecified atom stereocenters. The van der Waals surface area contributed by atoms with Gasteiger partial charge in [0.2, 0.25) is 16.0 Å². The average molecular weight is 478 g/mol. The Labute approximate surface area is 193 Å². The Morgan fingerprint density at radius 2 is 1.97 bits per heavy atom. The molecule has 0 saturated carbocycles. The Balaban J connectivity index is 2.20. The van der Waals surface area contributed by atoms with Crippen LogP contribution in [0, 0.1) is 5.82 Å². The number of nitrogens with zero attached hydrogens (tertiary/aromatic N) is 3. The molecule has 3 atom stereocenters. The SMILES string of the molecule is CCC(C)c1nc(N(C)S(C)(=O)=O)nc(-c2ccc(F)cc2)c1/C=C/[C@@H]1C[C@@H](O)CC(=O)O1. The monoisotopic (exact) mass is 477 g/mol. The topological polar surface area (TPSA) is 110 Å². The van der Waals surface area contributed by atoms with E-state index in [-0.39, 0.29) is 24.7 Å². The summed E-state index contributed by atoms with van der Waals surface area (Å²) in [6.07, 6.45) is 3.99. The summed E-state index contributed by atoms with van der Waals surface area (Å²) in [5, 5.41) is 9.90. The van der Waals surface area contributed by atoms with Gasteiger partial charge in [-0.2, -0.15) is 0 Å². The van der Waals surface area contributed by atoms with Crippen LogP contribution < -0.4 is 4.31 Å². The first kappa shape index (κ1) is 24.8. The molecule has 1 aliphatic rings.